The average molecular weight is 400 g/mol. The molecule has 0 aromatic carbocycles. The summed E-state index contributed by atoms with van der Waals surface area (Å²) < 4.78 is 0. The van der Waals surface area contributed by atoms with E-state index in [0.29, 0.717) is 18.9 Å². The molecule has 0 heterocycles. The SMILES string of the molecule is CC(C)CC(N)C(=O)O.CCCCCCCC/C=C\CCCCCCCCO. The second-order valence-corrected chi connectivity index (χ2v) is 8.24. The first-order chi connectivity index (χ1) is 13.5. The van der Waals surface area contributed by atoms with Gasteiger partial charge in [-0.15, -0.1) is 0 Å². The van der Waals surface area contributed by atoms with E-state index in [0.717, 1.165) is 6.42 Å². The molecule has 0 radical (unpaired) electrons. The van der Waals surface area contributed by atoms with Gasteiger partial charge in [0.15, 0.2) is 0 Å². The zero-order valence-corrected chi connectivity index (χ0v) is 19.0. The Hall–Kier alpha value is -0.870. The summed E-state index contributed by atoms with van der Waals surface area (Å²) in [6, 6.07) is -0.690. The summed E-state index contributed by atoms with van der Waals surface area (Å²) in [7, 11) is 0. The largest absolute Gasteiger partial charge is 0.480 e. The van der Waals surface area contributed by atoms with Gasteiger partial charge in [-0.25, -0.2) is 0 Å². The van der Waals surface area contributed by atoms with Crippen LogP contribution in [0.2, 0.25) is 0 Å². The highest BCUT2D eigenvalue weighted by atomic mass is 16.4. The van der Waals surface area contributed by atoms with Gasteiger partial charge in [0, 0.05) is 6.61 Å². The molecule has 0 aromatic heterocycles. The van der Waals surface area contributed by atoms with Crippen molar-refractivity contribution >= 4 is 5.97 Å². The minimum atomic E-state index is -0.913. The third-order valence-corrected chi connectivity index (χ3v) is 4.71. The summed E-state index contributed by atoms with van der Waals surface area (Å²) in [4.78, 5) is 10.1. The predicted octanol–water partition coefficient (Wildman–Crippen LogP) is 6.46. The summed E-state index contributed by atoms with van der Waals surface area (Å²) >= 11 is 0. The summed E-state index contributed by atoms with van der Waals surface area (Å²) in [5.41, 5.74) is 5.22. The van der Waals surface area contributed by atoms with E-state index in [4.69, 9.17) is 15.9 Å². The van der Waals surface area contributed by atoms with E-state index >= 15 is 0 Å². The van der Waals surface area contributed by atoms with Crippen molar-refractivity contribution in [1.29, 1.82) is 0 Å². The predicted molar refractivity (Wildman–Crippen MR) is 122 cm³/mol. The normalized spacial score (nSPS) is 12.2. The quantitative estimate of drug-likeness (QED) is 0.182. The van der Waals surface area contributed by atoms with E-state index in [1.807, 2.05) is 13.8 Å². The van der Waals surface area contributed by atoms with Gasteiger partial charge >= 0.3 is 5.97 Å². The minimum absolute atomic E-state index is 0.357. The molecule has 0 rings (SSSR count). The lowest BCUT2D eigenvalue weighted by molar-refractivity contribution is -0.138. The average Bonchev–Trinajstić information content (AvgIpc) is 2.65. The van der Waals surface area contributed by atoms with Crippen LogP contribution in [-0.4, -0.2) is 28.8 Å². The number of aliphatic hydroxyl groups is 1. The highest BCUT2D eigenvalue weighted by Crippen LogP contribution is 2.09. The lowest BCUT2D eigenvalue weighted by Gasteiger charge is -2.07. The van der Waals surface area contributed by atoms with Gasteiger partial charge in [0.25, 0.3) is 0 Å². The molecule has 0 saturated heterocycles. The number of carboxylic acids is 1. The lowest BCUT2D eigenvalue weighted by Crippen LogP contribution is -2.31. The molecule has 0 aliphatic rings. The topological polar surface area (TPSA) is 83.6 Å². The second-order valence-electron chi connectivity index (χ2n) is 8.24. The van der Waals surface area contributed by atoms with Crippen LogP contribution in [0.5, 0.6) is 0 Å². The van der Waals surface area contributed by atoms with Crippen LogP contribution >= 0.6 is 0 Å². The molecular formula is C24H49NO3. The summed E-state index contributed by atoms with van der Waals surface area (Å²) in [6.45, 7) is 6.53. The number of unbranched alkanes of at least 4 members (excludes halogenated alkanes) is 12. The van der Waals surface area contributed by atoms with Crippen LogP contribution in [0.1, 0.15) is 117 Å². The van der Waals surface area contributed by atoms with Gasteiger partial charge in [-0.2, -0.15) is 0 Å². The number of aliphatic hydroxyl groups excluding tert-OH is 1. The van der Waals surface area contributed by atoms with Crippen LogP contribution in [0.4, 0.5) is 0 Å². The van der Waals surface area contributed by atoms with E-state index < -0.39 is 12.0 Å². The molecule has 0 bridgehead atoms. The van der Waals surface area contributed by atoms with Crippen LogP contribution in [-0.2, 0) is 4.79 Å². The van der Waals surface area contributed by atoms with Crippen molar-refractivity contribution in [3.8, 4) is 0 Å². The van der Waals surface area contributed by atoms with Crippen molar-refractivity contribution in [1.82, 2.24) is 0 Å². The molecule has 0 spiro atoms. The van der Waals surface area contributed by atoms with Crippen LogP contribution in [0.15, 0.2) is 12.2 Å². The first kappa shape index (κ1) is 29.3. The first-order valence-electron chi connectivity index (χ1n) is 11.7. The van der Waals surface area contributed by atoms with Gasteiger partial charge in [0.05, 0.1) is 0 Å². The molecule has 0 amide bonds. The minimum Gasteiger partial charge on any atom is -0.480 e. The number of carboxylic acid groups (broad SMARTS) is 1. The smallest absolute Gasteiger partial charge is 0.320 e. The van der Waals surface area contributed by atoms with Crippen LogP contribution in [0.25, 0.3) is 0 Å². The highest BCUT2D eigenvalue weighted by Gasteiger charge is 2.11. The zero-order chi connectivity index (χ0) is 21.5. The number of hydrogen-bond donors (Lipinski definition) is 3. The Morgan fingerprint density at radius 2 is 1.25 bits per heavy atom. The highest BCUT2D eigenvalue weighted by molar-refractivity contribution is 5.72. The van der Waals surface area contributed by atoms with Crippen molar-refractivity contribution in [3.63, 3.8) is 0 Å². The Morgan fingerprint density at radius 1 is 0.821 bits per heavy atom. The van der Waals surface area contributed by atoms with Crippen molar-refractivity contribution in [2.45, 2.75) is 123 Å². The van der Waals surface area contributed by atoms with Crippen LogP contribution < -0.4 is 5.73 Å². The van der Waals surface area contributed by atoms with Gasteiger partial charge < -0.3 is 15.9 Å². The fourth-order valence-corrected chi connectivity index (χ4v) is 2.97. The van der Waals surface area contributed by atoms with E-state index in [-0.39, 0.29) is 0 Å². The third-order valence-electron chi connectivity index (χ3n) is 4.71. The molecule has 4 N–H and O–H groups in total. The fraction of sp³-hybridized carbons (Fsp3) is 0.875. The van der Waals surface area contributed by atoms with E-state index in [9.17, 15) is 4.79 Å². The van der Waals surface area contributed by atoms with Crippen LogP contribution in [0, 0.1) is 5.92 Å². The molecule has 0 aliphatic heterocycles. The third kappa shape index (κ3) is 27.3. The molecule has 4 heteroatoms. The Morgan fingerprint density at radius 3 is 1.61 bits per heavy atom. The summed E-state index contributed by atoms with van der Waals surface area (Å²) in [5.74, 6) is -0.556. The molecule has 0 aliphatic carbocycles. The first-order valence-corrected chi connectivity index (χ1v) is 11.7. The van der Waals surface area contributed by atoms with Crippen molar-refractivity contribution in [2.24, 2.45) is 11.7 Å². The van der Waals surface area contributed by atoms with Gasteiger partial charge in [0.1, 0.15) is 6.04 Å². The van der Waals surface area contributed by atoms with Crippen molar-refractivity contribution in [3.05, 3.63) is 12.2 Å². The number of rotatable bonds is 18. The van der Waals surface area contributed by atoms with Crippen LogP contribution in [0.3, 0.4) is 0 Å². The Bertz CT molecular complexity index is 343. The second kappa shape index (κ2) is 24.2. The summed E-state index contributed by atoms with van der Waals surface area (Å²) in [5, 5.41) is 17.0. The molecule has 28 heavy (non-hydrogen) atoms. The molecule has 1 unspecified atom stereocenters. The van der Waals surface area contributed by atoms with E-state index in [1.165, 1.54) is 83.5 Å². The van der Waals surface area contributed by atoms with E-state index in [1.54, 1.807) is 0 Å². The molecule has 1 atom stereocenters. The maximum atomic E-state index is 10.1. The summed E-state index contributed by atoms with van der Waals surface area (Å²) in [6.07, 6.45) is 23.8. The Labute approximate surface area is 175 Å². The van der Waals surface area contributed by atoms with Gasteiger partial charge in [0.2, 0.25) is 0 Å². The Balaban J connectivity index is 0. The van der Waals surface area contributed by atoms with Gasteiger partial charge in [-0.05, 0) is 44.4 Å². The van der Waals surface area contributed by atoms with Crippen molar-refractivity contribution < 1.29 is 15.0 Å². The van der Waals surface area contributed by atoms with Gasteiger partial charge in [-0.3, -0.25) is 4.79 Å². The molecule has 0 saturated carbocycles. The number of aliphatic carboxylic acids is 1. The Kier molecular flexibility index (Phi) is 25.3. The standard InChI is InChI=1S/C18H36O.C6H13NO2/c1-2-3-4-5-6-7-8-9-10-11-12-13-14-15-16-17-18-19;1-4(2)3-5(7)6(8)9/h9-10,19H,2-8,11-18H2,1H3;4-5H,3,7H2,1-2H3,(H,8,9)/b10-9-;. The zero-order valence-electron chi connectivity index (χ0n) is 19.0. The lowest BCUT2D eigenvalue weighted by atomic mass is 10.1. The maximum Gasteiger partial charge on any atom is 0.320 e. The number of nitrogens with two attached hydrogens (primary N) is 1. The molecule has 0 aromatic rings. The number of carbonyl (C=O) groups is 1. The molecular weight excluding hydrogens is 350 g/mol. The fourth-order valence-electron chi connectivity index (χ4n) is 2.97. The monoisotopic (exact) mass is 399 g/mol. The van der Waals surface area contributed by atoms with E-state index in [2.05, 4.69) is 19.1 Å². The number of allylic oxidation sites excluding steroid dienone is 2. The molecule has 4 nitrogen and oxygen atoms in total. The molecule has 0 fully saturated rings. The maximum absolute atomic E-state index is 10.1. The van der Waals surface area contributed by atoms with Gasteiger partial charge in [-0.1, -0.05) is 90.7 Å². The molecule has 168 valence electrons. The van der Waals surface area contributed by atoms with Crippen molar-refractivity contribution in [2.75, 3.05) is 6.61 Å². The number of hydrogen-bond acceptors (Lipinski definition) is 3.